The number of carbonyl (C=O) groups excluding carboxylic acids is 1. The molecule has 3 rings (SSSR count). The predicted octanol–water partition coefficient (Wildman–Crippen LogP) is 3.61. The van der Waals surface area contributed by atoms with E-state index in [1.54, 1.807) is 26.0 Å². The quantitative estimate of drug-likeness (QED) is 0.631. The first-order valence-corrected chi connectivity index (χ1v) is 12.1. The monoisotopic (exact) mass is 453 g/mol. The van der Waals surface area contributed by atoms with Crippen LogP contribution in [0.2, 0.25) is 0 Å². The largest absolute Gasteiger partial charge is 0.493 e. The van der Waals surface area contributed by atoms with Crippen LogP contribution in [0.25, 0.3) is 0 Å². The van der Waals surface area contributed by atoms with Gasteiger partial charge in [0.05, 0.1) is 33.9 Å². The first-order chi connectivity index (χ1) is 15.8. The summed E-state index contributed by atoms with van der Waals surface area (Å²) in [5.74, 6) is 2.09. The van der Waals surface area contributed by atoms with E-state index in [0.29, 0.717) is 30.0 Å². The van der Waals surface area contributed by atoms with Crippen LogP contribution in [0.3, 0.4) is 0 Å². The Kier molecular flexibility index (Phi) is 8.41. The fourth-order valence-corrected chi connectivity index (χ4v) is 5.48. The van der Waals surface area contributed by atoms with E-state index in [-0.39, 0.29) is 11.3 Å². The van der Waals surface area contributed by atoms with Crippen molar-refractivity contribution in [2.24, 2.45) is 11.3 Å². The van der Waals surface area contributed by atoms with Gasteiger partial charge in [-0.05, 0) is 48.4 Å². The van der Waals surface area contributed by atoms with Gasteiger partial charge in [-0.15, -0.1) is 0 Å². The molecule has 180 valence electrons. The molecule has 1 fully saturated rings. The average Bonchev–Trinajstić information content (AvgIpc) is 2.80. The van der Waals surface area contributed by atoms with Crippen LogP contribution in [-0.4, -0.2) is 51.2 Å². The zero-order valence-electron chi connectivity index (χ0n) is 21.2. The molecule has 0 spiro atoms. The molecule has 33 heavy (non-hydrogen) atoms. The predicted molar refractivity (Wildman–Crippen MR) is 133 cm³/mol. The van der Waals surface area contributed by atoms with Crippen molar-refractivity contribution in [3.63, 3.8) is 0 Å². The first kappa shape index (κ1) is 25.1. The number of likely N-dealkylation sites (tertiary alicyclic amines) is 1. The molecule has 0 radical (unpaired) electrons. The summed E-state index contributed by atoms with van der Waals surface area (Å²) in [6, 6.07) is 17.4. The van der Waals surface area contributed by atoms with Gasteiger partial charge in [0.1, 0.15) is 0 Å². The van der Waals surface area contributed by atoms with Crippen molar-refractivity contribution in [1.82, 2.24) is 4.90 Å². The van der Waals surface area contributed by atoms with Crippen LogP contribution < -0.4 is 14.4 Å². The summed E-state index contributed by atoms with van der Waals surface area (Å²) in [7, 11) is 5.59. The van der Waals surface area contributed by atoms with Crippen molar-refractivity contribution in [2.45, 2.75) is 52.6 Å². The Bertz CT molecular complexity index is 917. The summed E-state index contributed by atoms with van der Waals surface area (Å²) < 4.78 is 10.8. The summed E-state index contributed by atoms with van der Waals surface area (Å²) in [5.41, 5.74) is 2.63. The average molecular weight is 454 g/mol. The zero-order valence-corrected chi connectivity index (χ0v) is 21.2. The lowest BCUT2D eigenvalue weighted by Gasteiger charge is -2.48. The van der Waals surface area contributed by atoms with E-state index >= 15 is 0 Å². The third-order valence-corrected chi connectivity index (χ3v) is 7.77. The molecule has 1 aliphatic heterocycles. The van der Waals surface area contributed by atoms with E-state index in [1.807, 2.05) is 23.1 Å². The number of ether oxygens (including phenoxy) is 2. The normalized spacial score (nSPS) is 24.8. The van der Waals surface area contributed by atoms with Gasteiger partial charge >= 0.3 is 0 Å². The number of amides is 1. The number of piperidine rings is 1. The fraction of sp³-hybridized carbons (Fsp3) is 0.536. The van der Waals surface area contributed by atoms with Crippen LogP contribution in [-0.2, 0) is 17.8 Å². The number of methoxy groups -OCH3 is 2. The fourth-order valence-electron chi connectivity index (χ4n) is 5.48. The minimum Gasteiger partial charge on any atom is -0.493 e. The Morgan fingerprint density at radius 2 is 1.76 bits per heavy atom. The van der Waals surface area contributed by atoms with Gasteiger partial charge in [-0.3, -0.25) is 4.79 Å². The van der Waals surface area contributed by atoms with Crippen LogP contribution in [0.4, 0.5) is 0 Å². The summed E-state index contributed by atoms with van der Waals surface area (Å²) in [5, 5.41) is 0. The standard InChI is InChI=1S/C28H40N2O3/c1-21-19-29(4)22(2)17-28(21,18-24-10-8-7-9-11-24)14-15-30(23(3)31)20-25-12-13-26(32-5)27(16-25)33-6/h7-13,16,21-22H,14-15,17-20H2,1-6H3/p+1/t21-,22-,28-/m1/s1. The molecule has 1 amide bonds. The van der Waals surface area contributed by atoms with E-state index in [4.69, 9.17) is 9.47 Å². The van der Waals surface area contributed by atoms with Crippen molar-refractivity contribution < 1.29 is 19.2 Å². The second-order valence-electron chi connectivity index (χ2n) is 9.96. The maximum atomic E-state index is 12.6. The van der Waals surface area contributed by atoms with Crippen molar-refractivity contribution in [2.75, 3.05) is 34.4 Å². The van der Waals surface area contributed by atoms with Gasteiger partial charge in [-0.2, -0.15) is 0 Å². The Hall–Kier alpha value is -2.53. The third kappa shape index (κ3) is 6.08. The van der Waals surface area contributed by atoms with Crippen LogP contribution in [0.15, 0.2) is 48.5 Å². The molecule has 2 aromatic rings. The molecule has 1 unspecified atom stereocenters. The van der Waals surface area contributed by atoms with Gasteiger partial charge in [0.25, 0.3) is 0 Å². The molecule has 1 saturated heterocycles. The molecule has 0 bridgehead atoms. The van der Waals surface area contributed by atoms with Crippen LogP contribution in [0.1, 0.15) is 44.7 Å². The minimum absolute atomic E-state index is 0.110. The third-order valence-electron chi connectivity index (χ3n) is 7.77. The van der Waals surface area contributed by atoms with Crippen molar-refractivity contribution in [1.29, 1.82) is 0 Å². The topological polar surface area (TPSA) is 43.2 Å². The molecule has 5 nitrogen and oxygen atoms in total. The number of nitrogens with one attached hydrogen (secondary N) is 1. The Balaban J connectivity index is 1.80. The summed E-state index contributed by atoms with van der Waals surface area (Å²) in [6.07, 6.45) is 3.25. The maximum Gasteiger partial charge on any atom is 0.219 e. The molecule has 0 saturated carbocycles. The summed E-state index contributed by atoms with van der Waals surface area (Å²) in [6.45, 7) is 8.95. The number of quaternary nitrogens is 1. The lowest BCUT2D eigenvalue weighted by atomic mass is 9.63. The number of rotatable bonds is 9. The second-order valence-corrected chi connectivity index (χ2v) is 9.96. The number of nitrogens with zero attached hydrogens (tertiary/aromatic N) is 1. The molecule has 4 atom stereocenters. The van der Waals surface area contributed by atoms with Crippen LogP contribution >= 0.6 is 0 Å². The van der Waals surface area contributed by atoms with Gasteiger partial charge < -0.3 is 19.3 Å². The lowest BCUT2D eigenvalue weighted by molar-refractivity contribution is -0.916. The molecule has 2 aromatic carbocycles. The van der Waals surface area contributed by atoms with E-state index in [1.165, 1.54) is 18.5 Å². The highest BCUT2D eigenvalue weighted by molar-refractivity contribution is 5.73. The molecule has 1 aliphatic rings. The van der Waals surface area contributed by atoms with E-state index < -0.39 is 0 Å². The Morgan fingerprint density at radius 3 is 2.39 bits per heavy atom. The van der Waals surface area contributed by atoms with Crippen molar-refractivity contribution in [3.8, 4) is 11.5 Å². The SMILES string of the molecule is COc1ccc(CN(CC[C@]2(Cc3ccccc3)C[C@@H](C)[NH+](C)C[C@H]2C)C(C)=O)cc1OC. The highest BCUT2D eigenvalue weighted by Crippen LogP contribution is 2.41. The summed E-state index contributed by atoms with van der Waals surface area (Å²) >= 11 is 0. The molecule has 1 N–H and O–H groups in total. The molecule has 0 aromatic heterocycles. The Labute approximate surface area is 199 Å². The van der Waals surface area contributed by atoms with Crippen molar-refractivity contribution in [3.05, 3.63) is 59.7 Å². The highest BCUT2D eigenvalue weighted by atomic mass is 16.5. The Morgan fingerprint density at radius 1 is 1.06 bits per heavy atom. The maximum absolute atomic E-state index is 12.6. The van der Waals surface area contributed by atoms with Crippen molar-refractivity contribution >= 4 is 5.91 Å². The number of hydrogen-bond donors (Lipinski definition) is 1. The molecule has 0 aliphatic carbocycles. The highest BCUT2D eigenvalue weighted by Gasteiger charge is 2.44. The molecule has 5 heteroatoms. The van der Waals surface area contributed by atoms with E-state index in [2.05, 4.69) is 51.2 Å². The van der Waals surface area contributed by atoms with Gasteiger partial charge in [0.15, 0.2) is 11.5 Å². The van der Waals surface area contributed by atoms with Crippen LogP contribution in [0, 0.1) is 11.3 Å². The van der Waals surface area contributed by atoms with Gasteiger partial charge in [-0.1, -0.05) is 43.3 Å². The lowest BCUT2D eigenvalue weighted by Crippen LogP contribution is -3.15. The summed E-state index contributed by atoms with van der Waals surface area (Å²) in [4.78, 5) is 16.2. The van der Waals surface area contributed by atoms with Crippen LogP contribution in [0.5, 0.6) is 11.5 Å². The van der Waals surface area contributed by atoms with Gasteiger partial charge in [0.2, 0.25) is 5.91 Å². The molecular formula is C28H41N2O3+. The number of carbonyl (C=O) groups is 1. The second kappa shape index (κ2) is 11.1. The van der Waals surface area contributed by atoms with E-state index in [9.17, 15) is 4.79 Å². The van der Waals surface area contributed by atoms with E-state index in [0.717, 1.165) is 24.9 Å². The van der Waals surface area contributed by atoms with Gasteiger partial charge in [-0.25, -0.2) is 0 Å². The number of benzene rings is 2. The smallest absolute Gasteiger partial charge is 0.219 e. The first-order valence-electron chi connectivity index (χ1n) is 12.1. The zero-order chi connectivity index (χ0) is 24.0. The molecular weight excluding hydrogens is 412 g/mol. The number of hydrogen-bond acceptors (Lipinski definition) is 3. The van der Waals surface area contributed by atoms with Gasteiger partial charge in [0, 0.05) is 32.4 Å². The minimum atomic E-state index is 0.110. The molecule has 1 heterocycles.